The molecule has 0 radical (unpaired) electrons. The van der Waals surface area contributed by atoms with Gasteiger partial charge in [-0.25, -0.2) is 9.69 Å². The number of ether oxygens (including phenoxy) is 2. The number of carbonyl (C=O) groups is 3. The van der Waals surface area contributed by atoms with Crippen LogP contribution in [-0.4, -0.2) is 42.0 Å². The molecule has 32 heavy (non-hydrogen) atoms. The number of anilines is 1. The number of hydrogen-bond donors (Lipinski definition) is 2. The highest BCUT2D eigenvalue weighted by Gasteiger charge is 2.46. The zero-order valence-electron chi connectivity index (χ0n) is 17.4. The van der Waals surface area contributed by atoms with E-state index in [9.17, 15) is 14.4 Å². The molecule has 0 bridgehead atoms. The number of nitrogens with one attached hydrogen (secondary N) is 2. The normalized spacial score (nSPS) is 18.5. The number of benzene rings is 2. The molecule has 2 aliphatic heterocycles. The molecule has 1 unspecified atom stereocenters. The van der Waals surface area contributed by atoms with E-state index in [4.69, 9.17) is 21.1 Å². The van der Waals surface area contributed by atoms with E-state index >= 15 is 0 Å². The van der Waals surface area contributed by atoms with Crippen molar-refractivity contribution in [2.24, 2.45) is 5.92 Å². The van der Waals surface area contributed by atoms with Gasteiger partial charge < -0.3 is 20.1 Å². The molecular weight excluding hydrogens is 549 g/mol. The van der Waals surface area contributed by atoms with Gasteiger partial charge in [0.15, 0.2) is 11.5 Å². The minimum Gasteiger partial charge on any atom is -0.486 e. The zero-order chi connectivity index (χ0) is 23.0. The van der Waals surface area contributed by atoms with Crippen LogP contribution >= 0.6 is 34.2 Å². The summed E-state index contributed by atoms with van der Waals surface area (Å²) in [6.45, 7) is 4.41. The Morgan fingerprint density at radius 3 is 2.56 bits per heavy atom. The third-order valence-electron chi connectivity index (χ3n) is 5.24. The Hall–Kier alpha value is -2.53. The largest absolute Gasteiger partial charge is 0.486 e. The molecule has 0 aromatic heterocycles. The summed E-state index contributed by atoms with van der Waals surface area (Å²) >= 11 is 8.35. The minimum atomic E-state index is -1.01. The van der Waals surface area contributed by atoms with Crippen LogP contribution in [0.5, 0.6) is 11.5 Å². The van der Waals surface area contributed by atoms with Crippen LogP contribution in [0.1, 0.15) is 25.5 Å². The Bertz CT molecular complexity index is 1090. The predicted molar refractivity (Wildman–Crippen MR) is 127 cm³/mol. The molecule has 1 fully saturated rings. The lowest BCUT2D eigenvalue weighted by Gasteiger charge is -2.28. The van der Waals surface area contributed by atoms with E-state index in [0.29, 0.717) is 41.0 Å². The summed E-state index contributed by atoms with van der Waals surface area (Å²) < 4.78 is 12.0. The maximum atomic E-state index is 13.3. The van der Waals surface area contributed by atoms with Crippen molar-refractivity contribution in [1.29, 1.82) is 0 Å². The molecule has 2 heterocycles. The summed E-state index contributed by atoms with van der Waals surface area (Å²) in [6, 6.07) is 7.73. The van der Waals surface area contributed by atoms with Crippen molar-refractivity contribution < 1.29 is 23.9 Å². The molecule has 0 saturated carbocycles. The second-order valence-electron chi connectivity index (χ2n) is 7.80. The fourth-order valence-electron chi connectivity index (χ4n) is 3.74. The maximum Gasteiger partial charge on any atom is 0.325 e. The van der Waals surface area contributed by atoms with Crippen LogP contribution in [0.2, 0.25) is 5.02 Å². The number of rotatable bonds is 5. The Balaban J connectivity index is 1.58. The average molecular weight is 570 g/mol. The highest BCUT2D eigenvalue weighted by Crippen LogP contribution is 2.35. The van der Waals surface area contributed by atoms with Crippen LogP contribution in [0, 0.1) is 9.49 Å². The number of hydrogen-bond acceptors (Lipinski definition) is 5. The summed E-state index contributed by atoms with van der Waals surface area (Å²) in [5.41, 5.74) is 0.969. The lowest BCUT2D eigenvalue weighted by Crippen LogP contribution is -2.50. The van der Waals surface area contributed by atoms with E-state index in [2.05, 4.69) is 33.2 Å². The van der Waals surface area contributed by atoms with Crippen molar-refractivity contribution in [2.75, 3.05) is 18.5 Å². The SMILES string of the molecule is CC(C)C(C(=O)Nc1ccc(I)cc1Cl)N1C(=O)N[C@H](c2ccc3c(c2)OCCO3)C1=O. The van der Waals surface area contributed by atoms with Crippen LogP contribution in [0.3, 0.4) is 0 Å². The number of nitrogens with zero attached hydrogens (tertiary/aromatic N) is 1. The van der Waals surface area contributed by atoms with Crippen molar-refractivity contribution in [3.05, 3.63) is 50.6 Å². The number of amides is 4. The Kier molecular flexibility index (Phi) is 6.47. The first-order chi connectivity index (χ1) is 15.3. The molecule has 10 heteroatoms. The molecule has 1 saturated heterocycles. The summed E-state index contributed by atoms with van der Waals surface area (Å²) in [5.74, 6) is -0.224. The number of carbonyl (C=O) groups excluding carboxylic acids is 3. The van der Waals surface area contributed by atoms with Crippen molar-refractivity contribution in [1.82, 2.24) is 10.2 Å². The second kappa shape index (κ2) is 9.14. The molecule has 4 amide bonds. The number of fused-ring (bicyclic) bond motifs is 1. The van der Waals surface area contributed by atoms with E-state index in [0.717, 1.165) is 8.47 Å². The van der Waals surface area contributed by atoms with Crippen LogP contribution < -0.4 is 20.1 Å². The average Bonchev–Trinajstić information content (AvgIpc) is 3.04. The van der Waals surface area contributed by atoms with Gasteiger partial charge in [0.05, 0.1) is 10.7 Å². The lowest BCUT2D eigenvalue weighted by molar-refractivity contribution is -0.135. The molecular formula is C22H21ClIN3O5. The number of imide groups is 1. The molecule has 2 aromatic carbocycles. The van der Waals surface area contributed by atoms with Crippen molar-refractivity contribution in [3.63, 3.8) is 0 Å². The molecule has 168 valence electrons. The fraction of sp³-hybridized carbons (Fsp3) is 0.318. The smallest absolute Gasteiger partial charge is 0.325 e. The quantitative estimate of drug-likeness (QED) is 0.420. The first-order valence-electron chi connectivity index (χ1n) is 10.1. The van der Waals surface area contributed by atoms with Crippen molar-refractivity contribution in [3.8, 4) is 11.5 Å². The molecule has 2 N–H and O–H groups in total. The number of urea groups is 1. The van der Waals surface area contributed by atoms with E-state index in [1.807, 2.05) is 0 Å². The van der Waals surface area contributed by atoms with Crippen LogP contribution in [0.25, 0.3) is 0 Å². The van der Waals surface area contributed by atoms with E-state index < -0.39 is 29.9 Å². The topological polar surface area (TPSA) is 97.0 Å². The van der Waals surface area contributed by atoms with Gasteiger partial charge in [-0.2, -0.15) is 0 Å². The predicted octanol–water partition coefficient (Wildman–Crippen LogP) is 3.97. The molecule has 2 aromatic rings. The summed E-state index contributed by atoms with van der Waals surface area (Å²) in [7, 11) is 0. The Labute approximate surface area is 203 Å². The van der Waals surface area contributed by atoms with Gasteiger partial charge in [-0.05, 0) is 64.4 Å². The Morgan fingerprint density at radius 2 is 1.88 bits per heavy atom. The van der Waals surface area contributed by atoms with Gasteiger partial charge in [0, 0.05) is 3.57 Å². The third-order valence-corrected chi connectivity index (χ3v) is 6.22. The van der Waals surface area contributed by atoms with Crippen LogP contribution in [-0.2, 0) is 9.59 Å². The molecule has 0 spiro atoms. The monoisotopic (exact) mass is 569 g/mol. The highest BCUT2D eigenvalue weighted by molar-refractivity contribution is 14.1. The van der Waals surface area contributed by atoms with Gasteiger partial charge in [0.1, 0.15) is 25.3 Å². The summed E-state index contributed by atoms with van der Waals surface area (Å²) in [4.78, 5) is 40.2. The second-order valence-corrected chi connectivity index (χ2v) is 9.45. The van der Waals surface area contributed by atoms with Gasteiger partial charge in [0.2, 0.25) is 5.91 Å². The molecule has 2 aliphatic rings. The zero-order valence-corrected chi connectivity index (χ0v) is 20.3. The molecule has 0 aliphatic carbocycles. The number of halogens is 2. The van der Waals surface area contributed by atoms with Gasteiger partial charge in [-0.1, -0.05) is 31.5 Å². The van der Waals surface area contributed by atoms with Gasteiger partial charge in [-0.3, -0.25) is 9.59 Å². The van der Waals surface area contributed by atoms with Crippen molar-refractivity contribution in [2.45, 2.75) is 25.9 Å². The molecule has 2 atom stereocenters. The molecule has 4 rings (SSSR count). The summed E-state index contributed by atoms with van der Waals surface area (Å²) in [6.07, 6.45) is 0. The first-order valence-corrected chi connectivity index (χ1v) is 11.5. The fourth-order valence-corrected chi connectivity index (χ4v) is 4.64. The molecule has 8 nitrogen and oxygen atoms in total. The minimum absolute atomic E-state index is 0.327. The van der Waals surface area contributed by atoms with E-state index in [1.54, 1.807) is 50.2 Å². The van der Waals surface area contributed by atoms with Gasteiger partial charge in [0.25, 0.3) is 5.91 Å². The maximum absolute atomic E-state index is 13.3. The summed E-state index contributed by atoms with van der Waals surface area (Å²) in [5, 5.41) is 5.81. The van der Waals surface area contributed by atoms with Gasteiger partial charge >= 0.3 is 6.03 Å². The highest BCUT2D eigenvalue weighted by atomic mass is 127. The van der Waals surface area contributed by atoms with Crippen molar-refractivity contribution >= 4 is 57.7 Å². The standard InChI is InChI=1S/C22H21ClIN3O5/c1-11(2)19(20(28)25-15-5-4-13(24)10-14(15)23)27-21(29)18(26-22(27)30)12-3-6-16-17(9-12)32-8-7-31-16/h3-6,9-11,18-19H,7-8H2,1-2H3,(H,25,28)(H,26,30)/t18-,19?/m1/s1. The lowest BCUT2D eigenvalue weighted by atomic mass is 10.00. The van der Waals surface area contributed by atoms with E-state index in [1.165, 1.54) is 0 Å². The van der Waals surface area contributed by atoms with E-state index in [-0.39, 0.29) is 5.92 Å². The van der Waals surface area contributed by atoms with Gasteiger partial charge in [-0.15, -0.1) is 0 Å². The third kappa shape index (κ3) is 4.36. The van der Waals surface area contributed by atoms with Crippen LogP contribution in [0.4, 0.5) is 10.5 Å². The van der Waals surface area contributed by atoms with Crippen LogP contribution in [0.15, 0.2) is 36.4 Å². The Morgan fingerprint density at radius 1 is 1.16 bits per heavy atom. The first kappa shape index (κ1) is 22.7.